The Hall–Kier alpha value is -3.59. The molecule has 2 heterocycles. The number of aromatic nitrogens is 4. The molecule has 1 amide bonds. The second kappa shape index (κ2) is 9.50. The number of thioether (sulfide) groups is 1. The first-order valence-electron chi connectivity index (χ1n) is 10.7. The van der Waals surface area contributed by atoms with Crippen LogP contribution < -0.4 is 16.1 Å². The van der Waals surface area contributed by atoms with Crippen molar-refractivity contribution in [2.24, 2.45) is 14.1 Å². The van der Waals surface area contributed by atoms with Crippen LogP contribution in [0.5, 0.6) is 0 Å². The second-order valence-electron chi connectivity index (χ2n) is 7.61. The number of amides is 1. The van der Waals surface area contributed by atoms with E-state index >= 15 is 0 Å². The lowest BCUT2D eigenvalue weighted by atomic mass is 10.2. The topological polar surface area (TPSA) is 82.1 Å². The Balaban J connectivity index is 1.71. The molecule has 0 radical (unpaired) electrons. The maximum Gasteiger partial charge on any atom is 0.332 e. The Morgan fingerprint density at radius 1 is 0.939 bits per heavy atom. The fourth-order valence-electron chi connectivity index (χ4n) is 3.75. The van der Waals surface area contributed by atoms with Crippen molar-refractivity contribution in [2.45, 2.75) is 25.0 Å². The lowest BCUT2D eigenvalue weighted by Crippen LogP contribution is -2.37. The van der Waals surface area contributed by atoms with Crippen LogP contribution in [-0.4, -0.2) is 30.3 Å². The van der Waals surface area contributed by atoms with Gasteiger partial charge in [-0.1, -0.05) is 55.1 Å². The zero-order valence-electron chi connectivity index (χ0n) is 18.8. The Labute approximate surface area is 195 Å². The van der Waals surface area contributed by atoms with Crippen molar-refractivity contribution in [3.05, 3.63) is 81.5 Å². The molecule has 2 aromatic carbocycles. The third kappa shape index (κ3) is 4.23. The number of imidazole rings is 1. The van der Waals surface area contributed by atoms with Crippen LogP contribution in [0.15, 0.2) is 75.4 Å². The summed E-state index contributed by atoms with van der Waals surface area (Å²) < 4.78 is 4.27. The van der Waals surface area contributed by atoms with Crippen LogP contribution in [0.3, 0.4) is 0 Å². The molecule has 0 N–H and O–H groups in total. The van der Waals surface area contributed by atoms with Crippen molar-refractivity contribution in [1.29, 1.82) is 0 Å². The zero-order valence-corrected chi connectivity index (χ0v) is 19.6. The molecule has 0 bridgehead atoms. The molecule has 0 spiro atoms. The number of fused-ring (bicyclic) bond motifs is 1. The first-order valence-corrected chi connectivity index (χ1v) is 11.6. The molecule has 0 fully saturated rings. The number of para-hydroxylation sites is 2. The van der Waals surface area contributed by atoms with Crippen LogP contribution in [0.25, 0.3) is 11.2 Å². The molecule has 33 heavy (non-hydrogen) atoms. The molecular weight excluding hydrogens is 438 g/mol. The highest BCUT2D eigenvalue weighted by atomic mass is 32.2. The average Bonchev–Trinajstić information content (AvgIpc) is 3.20. The van der Waals surface area contributed by atoms with Gasteiger partial charge >= 0.3 is 5.69 Å². The highest BCUT2D eigenvalue weighted by Gasteiger charge is 2.22. The summed E-state index contributed by atoms with van der Waals surface area (Å²) in [4.78, 5) is 44.8. The van der Waals surface area contributed by atoms with Gasteiger partial charge in [-0.3, -0.25) is 23.6 Å². The fourth-order valence-corrected chi connectivity index (χ4v) is 4.62. The number of carbonyl (C=O) groups excluding carboxylic acids is 1. The Morgan fingerprint density at radius 3 is 2.06 bits per heavy atom. The Bertz CT molecular complexity index is 1370. The van der Waals surface area contributed by atoms with Crippen molar-refractivity contribution in [1.82, 2.24) is 18.7 Å². The van der Waals surface area contributed by atoms with Gasteiger partial charge in [0, 0.05) is 32.0 Å². The number of anilines is 2. The van der Waals surface area contributed by atoms with Gasteiger partial charge < -0.3 is 4.57 Å². The molecule has 0 saturated carbocycles. The van der Waals surface area contributed by atoms with Crippen molar-refractivity contribution >= 4 is 40.2 Å². The third-order valence-electron chi connectivity index (χ3n) is 5.36. The fraction of sp³-hybridized carbons (Fsp3) is 0.250. The van der Waals surface area contributed by atoms with E-state index < -0.39 is 5.69 Å². The molecule has 0 aliphatic carbocycles. The van der Waals surface area contributed by atoms with Crippen LogP contribution in [0, 0.1) is 0 Å². The highest BCUT2D eigenvalue weighted by molar-refractivity contribution is 7.99. The molecule has 0 aliphatic heterocycles. The number of benzene rings is 2. The van der Waals surface area contributed by atoms with Gasteiger partial charge in [0.1, 0.15) is 0 Å². The first kappa shape index (κ1) is 22.6. The summed E-state index contributed by atoms with van der Waals surface area (Å²) in [6.07, 6.45) is 0.777. The molecule has 170 valence electrons. The van der Waals surface area contributed by atoms with E-state index in [4.69, 9.17) is 0 Å². The summed E-state index contributed by atoms with van der Waals surface area (Å²) in [6.45, 7) is 2.56. The Morgan fingerprint density at radius 2 is 1.52 bits per heavy atom. The second-order valence-corrected chi connectivity index (χ2v) is 8.56. The van der Waals surface area contributed by atoms with Crippen molar-refractivity contribution in [3.63, 3.8) is 0 Å². The van der Waals surface area contributed by atoms with Gasteiger partial charge in [-0.2, -0.15) is 0 Å². The quantitative estimate of drug-likeness (QED) is 0.393. The predicted octanol–water partition coefficient (Wildman–Crippen LogP) is 3.30. The molecule has 0 saturated heterocycles. The van der Waals surface area contributed by atoms with Gasteiger partial charge in [0.2, 0.25) is 5.91 Å². The minimum Gasteiger partial charge on any atom is -0.313 e. The normalized spacial score (nSPS) is 11.1. The van der Waals surface area contributed by atoms with E-state index in [1.165, 1.54) is 23.4 Å². The molecule has 9 heteroatoms. The van der Waals surface area contributed by atoms with E-state index in [9.17, 15) is 14.4 Å². The Kier molecular flexibility index (Phi) is 6.50. The molecule has 4 rings (SSSR count). The zero-order chi connectivity index (χ0) is 23.5. The minimum atomic E-state index is -0.430. The standard InChI is InChI=1S/C24H25N5O3S/c1-4-15-28-20-21(26(2)24(32)27(3)22(20)31)25-23(28)33-16-19(30)29(17-11-7-5-8-12-17)18-13-9-6-10-14-18/h5-14H,4,15-16H2,1-3H3. The predicted molar refractivity (Wildman–Crippen MR) is 131 cm³/mol. The lowest BCUT2D eigenvalue weighted by molar-refractivity contribution is -0.115. The van der Waals surface area contributed by atoms with E-state index in [-0.39, 0.29) is 17.2 Å². The van der Waals surface area contributed by atoms with Gasteiger partial charge in [-0.25, -0.2) is 9.78 Å². The SMILES string of the molecule is CCCn1c(SCC(=O)N(c2ccccc2)c2ccccc2)nc2c1c(=O)n(C)c(=O)n2C. The van der Waals surface area contributed by atoms with Gasteiger partial charge in [0.05, 0.1) is 5.75 Å². The minimum absolute atomic E-state index is 0.116. The van der Waals surface area contributed by atoms with Gasteiger partial charge in [0.15, 0.2) is 16.3 Å². The van der Waals surface area contributed by atoms with E-state index in [0.29, 0.717) is 22.9 Å². The van der Waals surface area contributed by atoms with Crippen LogP contribution in [0.1, 0.15) is 13.3 Å². The van der Waals surface area contributed by atoms with Gasteiger partial charge in [-0.05, 0) is 30.7 Å². The lowest BCUT2D eigenvalue weighted by Gasteiger charge is -2.23. The maximum atomic E-state index is 13.4. The molecule has 2 aromatic heterocycles. The first-order chi connectivity index (χ1) is 15.9. The average molecular weight is 464 g/mol. The van der Waals surface area contributed by atoms with E-state index in [1.54, 1.807) is 11.9 Å². The number of rotatable bonds is 7. The van der Waals surface area contributed by atoms with Crippen LogP contribution in [-0.2, 0) is 25.4 Å². The van der Waals surface area contributed by atoms with Gasteiger partial charge in [-0.15, -0.1) is 0 Å². The van der Waals surface area contributed by atoms with Crippen molar-refractivity contribution in [3.8, 4) is 0 Å². The number of hydrogen-bond acceptors (Lipinski definition) is 5. The summed E-state index contributed by atoms with van der Waals surface area (Å²) >= 11 is 1.26. The number of carbonyl (C=O) groups is 1. The van der Waals surface area contributed by atoms with Gasteiger partial charge in [0.25, 0.3) is 5.56 Å². The summed E-state index contributed by atoms with van der Waals surface area (Å²) in [6, 6.07) is 18.9. The molecule has 4 aromatic rings. The van der Waals surface area contributed by atoms with E-state index in [1.807, 2.05) is 72.2 Å². The number of nitrogens with zero attached hydrogens (tertiary/aromatic N) is 5. The molecule has 0 atom stereocenters. The van der Waals surface area contributed by atoms with Crippen LogP contribution in [0.4, 0.5) is 11.4 Å². The summed E-state index contributed by atoms with van der Waals surface area (Å²) in [5, 5.41) is 0.541. The maximum absolute atomic E-state index is 13.4. The molecular formula is C24H25N5O3S. The summed E-state index contributed by atoms with van der Waals surface area (Å²) in [5.41, 5.74) is 1.43. The van der Waals surface area contributed by atoms with E-state index in [0.717, 1.165) is 22.4 Å². The largest absolute Gasteiger partial charge is 0.332 e. The monoisotopic (exact) mass is 463 g/mol. The molecule has 0 unspecified atom stereocenters. The third-order valence-corrected chi connectivity index (χ3v) is 6.32. The van der Waals surface area contributed by atoms with Crippen molar-refractivity contribution < 1.29 is 4.79 Å². The molecule has 8 nitrogen and oxygen atoms in total. The smallest absolute Gasteiger partial charge is 0.313 e. The van der Waals surface area contributed by atoms with E-state index in [2.05, 4.69) is 4.98 Å². The highest BCUT2D eigenvalue weighted by Crippen LogP contribution is 2.28. The van der Waals surface area contributed by atoms with Crippen LogP contribution in [0.2, 0.25) is 0 Å². The summed E-state index contributed by atoms with van der Waals surface area (Å²) in [5.74, 6) is -0.000235. The van der Waals surface area contributed by atoms with Crippen LogP contribution >= 0.6 is 11.8 Å². The number of aryl methyl sites for hydroxylation is 2. The number of hydrogen-bond donors (Lipinski definition) is 0. The summed E-state index contributed by atoms with van der Waals surface area (Å²) in [7, 11) is 3.06. The molecule has 0 aliphatic rings. The van der Waals surface area contributed by atoms with Crippen molar-refractivity contribution in [2.75, 3.05) is 10.7 Å².